The normalized spacial score (nSPS) is 12.0. The van der Waals surface area contributed by atoms with Gasteiger partial charge in [0.05, 0.1) is 17.4 Å². The zero-order valence-corrected chi connectivity index (χ0v) is 21.5. The molecule has 0 aliphatic rings. The third-order valence-electron chi connectivity index (χ3n) is 6.80. The van der Waals surface area contributed by atoms with Gasteiger partial charge in [-0.1, -0.05) is 49.4 Å². The first kappa shape index (κ1) is 26.1. The van der Waals surface area contributed by atoms with Crippen LogP contribution in [0.1, 0.15) is 40.1 Å². The molecule has 0 radical (unpaired) electrons. The van der Waals surface area contributed by atoms with Gasteiger partial charge in [-0.15, -0.1) is 0 Å². The molecule has 0 aliphatic carbocycles. The van der Waals surface area contributed by atoms with Crippen LogP contribution in [0.3, 0.4) is 0 Å². The first-order valence-corrected chi connectivity index (χ1v) is 12.8. The first-order valence-electron chi connectivity index (χ1n) is 12.8. The number of pyridine rings is 1. The van der Waals surface area contributed by atoms with Crippen LogP contribution in [0.25, 0.3) is 22.3 Å². The van der Waals surface area contributed by atoms with Crippen molar-refractivity contribution in [2.45, 2.75) is 26.0 Å². The molecular weight excluding hydrogens is 493 g/mol. The van der Waals surface area contributed by atoms with E-state index in [-0.39, 0.29) is 11.4 Å². The van der Waals surface area contributed by atoms with Crippen molar-refractivity contribution in [2.75, 3.05) is 11.9 Å². The second-order valence-corrected chi connectivity index (χ2v) is 9.34. The Labute approximate surface area is 225 Å². The molecule has 0 spiro atoms. The van der Waals surface area contributed by atoms with E-state index in [0.29, 0.717) is 29.8 Å². The van der Waals surface area contributed by atoms with E-state index in [9.17, 15) is 14.3 Å². The lowest BCUT2D eigenvalue weighted by molar-refractivity contribution is 0.100. The molecule has 1 amide bonds. The first-order chi connectivity index (χ1) is 18.9. The molecule has 8 heteroatoms. The number of fused-ring (bicyclic) bond motifs is 1. The second kappa shape index (κ2) is 11.5. The predicted molar refractivity (Wildman–Crippen MR) is 152 cm³/mol. The van der Waals surface area contributed by atoms with Gasteiger partial charge in [-0.05, 0) is 65.1 Å². The minimum absolute atomic E-state index is 0.267. The molecule has 0 fully saturated rings. The zero-order valence-electron chi connectivity index (χ0n) is 21.5. The third-order valence-corrected chi connectivity index (χ3v) is 6.80. The SMILES string of the molecule is CCc1c(CNCC(O)c2ccccc2)cccc1Nc1c(C(N)=O)cnc2[nH]c(-c3ccc(F)cc3)cc12. The number of rotatable bonds is 10. The molecule has 2 aromatic heterocycles. The van der Waals surface area contributed by atoms with Gasteiger partial charge >= 0.3 is 0 Å². The van der Waals surface area contributed by atoms with Crippen LogP contribution in [0, 0.1) is 5.82 Å². The highest BCUT2D eigenvalue weighted by Crippen LogP contribution is 2.34. The molecule has 0 saturated carbocycles. The van der Waals surface area contributed by atoms with Gasteiger partial charge in [-0.25, -0.2) is 9.37 Å². The number of anilines is 2. The number of carbonyl (C=O) groups excluding carboxylic acids is 1. The number of aliphatic hydroxyl groups excluding tert-OH is 1. The average Bonchev–Trinajstić information content (AvgIpc) is 3.39. The number of benzene rings is 3. The van der Waals surface area contributed by atoms with Gasteiger partial charge in [0.15, 0.2) is 0 Å². The lowest BCUT2D eigenvalue weighted by Gasteiger charge is -2.18. The molecule has 39 heavy (non-hydrogen) atoms. The van der Waals surface area contributed by atoms with Gasteiger partial charge in [0.2, 0.25) is 0 Å². The van der Waals surface area contributed by atoms with Crippen LogP contribution in [0.15, 0.2) is 85.1 Å². The van der Waals surface area contributed by atoms with E-state index >= 15 is 0 Å². The lowest BCUT2D eigenvalue weighted by Crippen LogP contribution is -2.22. The van der Waals surface area contributed by atoms with Crippen LogP contribution in [0.5, 0.6) is 0 Å². The minimum Gasteiger partial charge on any atom is -0.387 e. The Hall–Kier alpha value is -4.53. The Morgan fingerprint density at radius 1 is 1.08 bits per heavy atom. The molecule has 5 aromatic rings. The smallest absolute Gasteiger partial charge is 0.252 e. The molecule has 198 valence electrons. The topological polar surface area (TPSA) is 116 Å². The quantitative estimate of drug-likeness (QED) is 0.163. The van der Waals surface area contributed by atoms with E-state index in [1.165, 1.54) is 18.3 Å². The number of carbonyl (C=O) groups is 1. The van der Waals surface area contributed by atoms with Crippen LogP contribution in [-0.2, 0) is 13.0 Å². The number of aromatic nitrogens is 2. The Morgan fingerprint density at radius 3 is 2.56 bits per heavy atom. The Bertz CT molecular complexity index is 1600. The monoisotopic (exact) mass is 523 g/mol. The Morgan fingerprint density at radius 2 is 1.85 bits per heavy atom. The van der Waals surface area contributed by atoms with Gasteiger partial charge in [-0.2, -0.15) is 0 Å². The number of aromatic amines is 1. The van der Waals surface area contributed by atoms with Crippen LogP contribution >= 0.6 is 0 Å². The fourth-order valence-electron chi connectivity index (χ4n) is 4.79. The summed E-state index contributed by atoms with van der Waals surface area (Å²) >= 11 is 0. The highest BCUT2D eigenvalue weighted by atomic mass is 19.1. The molecule has 0 bridgehead atoms. The number of amides is 1. The number of primary amides is 1. The van der Waals surface area contributed by atoms with Crippen molar-refractivity contribution >= 4 is 28.3 Å². The number of aliphatic hydroxyl groups is 1. The Kier molecular flexibility index (Phi) is 7.67. The van der Waals surface area contributed by atoms with E-state index in [1.807, 2.05) is 54.6 Å². The number of H-pyrrole nitrogens is 1. The largest absolute Gasteiger partial charge is 0.387 e. The highest BCUT2D eigenvalue weighted by Gasteiger charge is 2.18. The van der Waals surface area contributed by atoms with Crippen molar-refractivity contribution < 1.29 is 14.3 Å². The van der Waals surface area contributed by atoms with Crippen molar-refractivity contribution in [3.63, 3.8) is 0 Å². The molecule has 3 aromatic carbocycles. The van der Waals surface area contributed by atoms with Gasteiger partial charge in [-0.3, -0.25) is 4.79 Å². The molecule has 6 N–H and O–H groups in total. The van der Waals surface area contributed by atoms with Crippen molar-refractivity contribution in [1.82, 2.24) is 15.3 Å². The van der Waals surface area contributed by atoms with E-state index in [0.717, 1.165) is 40.1 Å². The van der Waals surface area contributed by atoms with Crippen molar-refractivity contribution in [1.29, 1.82) is 0 Å². The summed E-state index contributed by atoms with van der Waals surface area (Å²) < 4.78 is 13.5. The summed E-state index contributed by atoms with van der Waals surface area (Å²) in [5, 5.41) is 18.0. The molecule has 5 rings (SSSR count). The van der Waals surface area contributed by atoms with Crippen LogP contribution in [-0.4, -0.2) is 27.5 Å². The zero-order chi connectivity index (χ0) is 27.4. The van der Waals surface area contributed by atoms with E-state index in [4.69, 9.17) is 5.73 Å². The Balaban J connectivity index is 1.44. The molecule has 0 saturated heterocycles. The predicted octanol–water partition coefficient (Wildman–Crippen LogP) is 5.60. The average molecular weight is 524 g/mol. The number of nitrogens with zero attached hydrogens (tertiary/aromatic N) is 1. The summed E-state index contributed by atoms with van der Waals surface area (Å²) in [5.74, 6) is -0.912. The van der Waals surface area contributed by atoms with E-state index in [2.05, 4.69) is 27.5 Å². The van der Waals surface area contributed by atoms with E-state index < -0.39 is 12.0 Å². The van der Waals surface area contributed by atoms with Crippen LogP contribution < -0.4 is 16.4 Å². The fraction of sp³-hybridized carbons (Fsp3) is 0.161. The summed E-state index contributed by atoms with van der Waals surface area (Å²) in [5.41, 5.74) is 12.5. The fourth-order valence-corrected chi connectivity index (χ4v) is 4.79. The highest BCUT2D eigenvalue weighted by molar-refractivity contribution is 6.08. The summed E-state index contributed by atoms with van der Waals surface area (Å²) in [6, 6.07) is 23.6. The maximum atomic E-state index is 13.5. The maximum Gasteiger partial charge on any atom is 0.252 e. The molecular formula is C31H30FN5O2. The van der Waals surface area contributed by atoms with E-state index in [1.54, 1.807) is 12.1 Å². The van der Waals surface area contributed by atoms with Gasteiger partial charge in [0.1, 0.15) is 11.5 Å². The van der Waals surface area contributed by atoms with Crippen molar-refractivity contribution in [2.24, 2.45) is 5.73 Å². The van der Waals surface area contributed by atoms with Crippen molar-refractivity contribution in [3.8, 4) is 11.3 Å². The van der Waals surface area contributed by atoms with Gasteiger partial charge in [0, 0.05) is 36.1 Å². The molecule has 7 nitrogen and oxygen atoms in total. The number of hydrogen-bond donors (Lipinski definition) is 5. The number of nitrogens with one attached hydrogen (secondary N) is 3. The minimum atomic E-state index is -0.607. The second-order valence-electron chi connectivity index (χ2n) is 9.34. The summed E-state index contributed by atoms with van der Waals surface area (Å²) in [7, 11) is 0. The van der Waals surface area contributed by atoms with Gasteiger partial charge in [0.25, 0.3) is 5.91 Å². The maximum absolute atomic E-state index is 13.5. The summed E-state index contributed by atoms with van der Waals surface area (Å²) in [4.78, 5) is 20.0. The summed E-state index contributed by atoms with van der Waals surface area (Å²) in [6.07, 6.45) is 1.60. The number of hydrogen-bond acceptors (Lipinski definition) is 5. The standard InChI is InChI=1S/C31H30FN5O2/c1-2-23-21(16-34-18-28(38)20-7-4-3-5-8-20)9-6-10-26(23)36-29-24-15-27(19-11-13-22(32)14-12-19)37-31(24)35-17-25(29)30(33)39/h3-15,17,28,34,38H,2,16,18H2,1H3,(H2,33,39)(H2,35,36,37). The van der Waals surface area contributed by atoms with Crippen LogP contribution in [0.4, 0.5) is 15.8 Å². The lowest BCUT2D eigenvalue weighted by atomic mass is 10.0. The van der Waals surface area contributed by atoms with Crippen molar-refractivity contribution in [3.05, 3.63) is 113 Å². The summed E-state index contributed by atoms with van der Waals surface area (Å²) in [6.45, 7) is 3.05. The molecule has 0 aliphatic heterocycles. The molecule has 1 atom stereocenters. The molecule has 2 heterocycles. The van der Waals surface area contributed by atoms with Gasteiger partial charge < -0.3 is 26.5 Å². The molecule has 1 unspecified atom stereocenters. The number of nitrogens with two attached hydrogens (primary N) is 1. The third kappa shape index (κ3) is 5.67. The van der Waals surface area contributed by atoms with Crippen LogP contribution in [0.2, 0.25) is 0 Å². The number of halogens is 1.